The summed E-state index contributed by atoms with van der Waals surface area (Å²) < 4.78 is 0. The van der Waals surface area contributed by atoms with Gasteiger partial charge in [-0.1, -0.05) is 24.3 Å². The van der Waals surface area contributed by atoms with Gasteiger partial charge < -0.3 is 10.0 Å². The standard InChI is InChI=1S/C22H31N5O/c1-18(19-5-4-9-23-11-12-24-10-8-19)26-13-15-27(16-14-26)21-7-6-20(17-25-21)22(2,3)28/h4-8,11-12,17-18,28H,9-10,13-16H2,1-3H3. The quantitative estimate of drug-likeness (QED) is 0.870. The van der Waals surface area contributed by atoms with Crippen molar-refractivity contribution in [3.63, 3.8) is 0 Å². The molecular weight excluding hydrogens is 350 g/mol. The topological polar surface area (TPSA) is 64.3 Å². The minimum Gasteiger partial charge on any atom is -0.386 e. The van der Waals surface area contributed by atoms with Crippen LogP contribution in [0.3, 0.4) is 0 Å². The third-order valence-corrected chi connectivity index (χ3v) is 5.35. The molecule has 0 spiro atoms. The number of aliphatic hydroxyl groups is 1. The van der Waals surface area contributed by atoms with Crippen LogP contribution in [0.15, 0.2) is 52.1 Å². The first-order valence-electron chi connectivity index (χ1n) is 9.98. The summed E-state index contributed by atoms with van der Waals surface area (Å²) in [6.45, 7) is 11.1. The second-order valence-corrected chi connectivity index (χ2v) is 7.80. The second-order valence-electron chi connectivity index (χ2n) is 7.80. The Bertz CT molecular complexity index is 750. The van der Waals surface area contributed by atoms with Gasteiger partial charge in [-0.15, -0.1) is 0 Å². The van der Waals surface area contributed by atoms with Crippen molar-refractivity contribution in [2.24, 2.45) is 9.98 Å². The summed E-state index contributed by atoms with van der Waals surface area (Å²) in [6, 6.07) is 4.33. The molecule has 2 aliphatic rings. The van der Waals surface area contributed by atoms with Crippen LogP contribution in [0.25, 0.3) is 0 Å². The number of anilines is 1. The molecule has 1 aromatic heterocycles. The highest BCUT2D eigenvalue weighted by atomic mass is 16.3. The van der Waals surface area contributed by atoms with Crippen molar-refractivity contribution in [2.75, 3.05) is 44.2 Å². The van der Waals surface area contributed by atoms with Gasteiger partial charge in [-0.05, 0) is 32.4 Å². The van der Waals surface area contributed by atoms with E-state index in [1.165, 1.54) is 5.57 Å². The van der Waals surface area contributed by atoms with E-state index in [1.807, 2.05) is 12.1 Å². The Hall–Kier alpha value is -2.31. The van der Waals surface area contributed by atoms with Gasteiger partial charge in [0.2, 0.25) is 0 Å². The van der Waals surface area contributed by atoms with Gasteiger partial charge >= 0.3 is 0 Å². The molecule has 3 heterocycles. The monoisotopic (exact) mass is 381 g/mol. The second kappa shape index (κ2) is 9.26. The van der Waals surface area contributed by atoms with E-state index in [1.54, 1.807) is 32.5 Å². The molecule has 0 aliphatic carbocycles. The van der Waals surface area contributed by atoms with Gasteiger partial charge in [-0.3, -0.25) is 14.9 Å². The number of rotatable bonds is 4. The summed E-state index contributed by atoms with van der Waals surface area (Å²) in [7, 11) is 0. The Morgan fingerprint density at radius 1 is 1.04 bits per heavy atom. The highest BCUT2D eigenvalue weighted by molar-refractivity contribution is 6.16. The summed E-state index contributed by atoms with van der Waals surface area (Å²) in [6.07, 6.45) is 11.8. The summed E-state index contributed by atoms with van der Waals surface area (Å²) in [5, 5.41) is 10.1. The van der Waals surface area contributed by atoms with E-state index in [-0.39, 0.29) is 0 Å². The van der Waals surface area contributed by atoms with Crippen molar-refractivity contribution >= 4 is 18.2 Å². The number of nitrogens with zero attached hydrogens (tertiary/aromatic N) is 5. The molecule has 28 heavy (non-hydrogen) atoms. The zero-order chi connectivity index (χ0) is 20.0. The first-order chi connectivity index (χ1) is 13.4. The lowest BCUT2D eigenvalue weighted by atomic mass is 10.0. The normalized spacial score (nSPS) is 20.1. The van der Waals surface area contributed by atoms with Gasteiger partial charge in [0.05, 0.1) is 18.7 Å². The SMILES string of the molecule is CC(C1=CCN=CC=NCC=C1)N1CCN(c2ccc(C(C)(C)O)cn2)CC1. The molecule has 0 amide bonds. The lowest BCUT2D eigenvalue weighted by molar-refractivity contribution is 0.0782. The van der Waals surface area contributed by atoms with E-state index in [0.29, 0.717) is 19.1 Å². The highest BCUT2D eigenvalue weighted by Crippen LogP contribution is 2.22. The van der Waals surface area contributed by atoms with Gasteiger partial charge in [-0.2, -0.15) is 0 Å². The molecule has 1 N–H and O–H groups in total. The van der Waals surface area contributed by atoms with Gasteiger partial charge in [0.25, 0.3) is 0 Å². The lowest BCUT2D eigenvalue weighted by Crippen LogP contribution is -2.50. The number of piperazine rings is 1. The predicted molar refractivity (Wildman–Crippen MR) is 117 cm³/mol. The van der Waals surface area contributed by atoms with Gasteiger partial charge in [-0.25, -0.2) is 4.98 Å². The maximum Gasteiger partial charge on any atom is 0.128 e. The number of aromatic nitrogens is 1. The Morgan fingerprint density at radius 3 is 2.39 bits per heavy atom. The molecule has 150 valence electrons. The summed E-state index contributed by atoms with van der Waals surface area (Å²) in [4.78, 5) is 18.0. The first-order valence-corrected chi connectivity index (χ1v) is 9.98. The molecule has 6 nitrogen and oxygen atoms in total. The summed E-state index contributed by atoms with van der Waals surface area (Å²) in [5.74, 6) is 0.977. The van der Waals surface area contributed by atoms with Gasteiger partial charge in [0, 0.05) is 56.4 Å². The van der Waals surface area contributed by atoms with E-state index in [4.69, 9.17) is 0 Å². The maximum absolute atomic E-state index is 10.1. The number of pyridine rings is 1. The number of aliphatic imine (C=N–C) groups is 2. The zero-order valence-corrected chi connectivity index (χ0v) is 17.1. The molecule has 0 radical (unpaired) electrons. The van der Waals surface area contributed by atoms with Crippen LogP contribution < -0.4 is 4.90 Å². The predicted octanol–water partition coefficient (Wildman–Crippen LogP) is 2.46. The van der Waals surface area contributed by atoms with E-state index in [0.717, 1.165) is 37.6 Å². The van der Waals surface area contributed by atoms with Crippen molar-refractivity contribution in [3.05, 3.63) is 47.7 Å². The number of hydrogen-bond acceptors (Lipinski definition) is 6. The molecule has 0 saturated carbocycles. The fraction of sp³-hybridized carbons (Fsp3) is 0.500. The Balaban J connectivity index is 1.59. The van der Waals surface area contributed by atoms with E-state index in [2.05, 4.69) is 49.9 Å². The van der Waals surface area contributed by atoms with Crippen LogP contribution in [-0.2, 0) is 5.60 Å². The highest BCUT2D eigenvalue weighted by Gasteiger charge is 2.24. The largest absolute Gasteiger partial charge is 0.386 e. The zero-order valence-electron chi connectivity index (χ0n) is 17.1. The molecule has 1 aromatic rings. The summed E-state index contributed by atoms with van der Waals surface area (Å²) in [5.41, 5.74) is 1.28. The van der Waals surface area contributed by atoms with Gasteiger partial charge in [0.15, 0.2) is 0 Å². The molecule has 0 aromatic carbocycles. The van der Waals surface area contributed by atoms with Crippen molar-refractivity contribution in [1.29, 1.82) is 0 Å². The van der Waals surface area contributed by atoms with Crippen molar-refractivity contribution < 1.29 is 5.11 Å². The smallest absolute Gasteiger partial charge is 0.128 e. The maximum atomic E-state index is 10.1. The van der Waals surface area contributed by atoms with E-state index in [9.17, 15) is 5.11 Å². The van der Waals surface area contributed by atoms with E-state index >= 15 is 0 Å². The van der Waals surface area contributed by atoms with Crippen molar-refractivity contribution in [1.82, 2.24) is 9.88 Å². The van der Waals surface area contributed by atoms with Crippen LogP contribution in [0.2, 0.25) is 0 Å². The van der Waals surface area contributed by atoms with Crippen LogP contribution in [0.4, 0.5) is 5.82 Å². The van der Waals surface area contributed by atoms with Crippen LogP contribution in [-0.4, -0.2) is 72.7 Å². The Labute approximate surface area is 168 Å². The lowest BCUT2D eigenvalue weighted by Gasteiger charge is -2.39. The minimum absolute atomic E-state index is 0.350. The van der Waals surface area contributed by atoms with Crippen molar-refractivity contribution in [3.8, 4) is 0 Å². The first kappa shape index (κ1) is 20.4. The molecule has 1 unspecified atom stereocenters. The van der Waals surface area contributed by atoms with Crippen LogP contribution in [0.5, 0.6) is 0 Å². The third-order valence-electron chi connectivity index (χ3n) is 5.35. The summed E-state index contributed by atoms with van der Waals surface area (Å²) >= 11 is 0. The Morgan fingerprint density at radius 2 is 1.75 bits per heavy atom. The fourth-order valence-electron chi connectivity index (χ4n) is 3.49. The third kappa shape index (κ3) is 5.36. The number of hydrogen-bond donors (Lipinski definition) is 1. The van der Waals surface area contributed by atoms with E-state index < -0.39 is 5.60 Å². The molecule has 0 bridgehead atoms. The molecule has 1 fully saturated rings. The molecule has 6 heteroatoms. The molecule has 2 aliphatic heterocycles. The molecule has 1 saturated heterocycles. The average molecular weight is 382 g/mol. The molecule has 3 rings (SSSR count). The minimum atomic E-state index is -0.855. The molecule has 1 atom stereocenters. The van der Waals surface area contributed by atoms with Crippen LogP contribution in [0.1, 0.15) is 26.3 Å². The van der Waals surface area contributed by atoms with Crippen LogP contribution >= 0.6 is 0 Å². The van der Waals surface area contributed by atoms with Gasteiger partial charge in [0.1, 0.15) is 5.82 Å². The van der Waals surface area contributed by atoms with Crippen LogP contribution in [0, 0.1) is 0 Å². The fourth-order valence-corrected chi connectivity index (χ4v) is 3.49. The Kier molecular flexibility index (Phi) is 6.75. The average Bonchev–Trinajstić information content (AvgIpc) is 2.71. The molecular formula is C22H31N5O. The van der Waals surface area contributed by atoms with Crippen molar-refractivity contribution in [2.45, 2.75) is 32.4 Å².